The first-order valence-electron chi connectivity index (χ1n) is 8.42. The van der Waals surface area contributed by atoms with Gasteiger partial charge >= 0.3 is 0 Å². The Bertz CT molecular complexity index is 689. The van der Waals surface area contributed by atoms with Crippen molar-refractivity contribution in [3.05, 3.63) is 41.8 Å². The van der Waals surface area contributed by atoms with Crippen LogP contribution >= 0.6 is 0 Å². The minimum atomic E-state index is 0.0603. The van der Waals surface area contributed by atoms with Gasteiger partial charge in [-0.2, -0.15) is 4.98 Å². The lowest BCUT2D eigenvalue weighted by Crippen LogP contribution is -2.38. The molecule has 2 aromatic rings. The van der Waals surface area contributed by atoms with Gasteiger partial charge in [0.1, 0.15) is 0 Å². The summed E-state index contributed by atoms with van der Waals surface area (Å²) in [6.45, 7) is 2.86. The third-order valence-electron chi connectivity index (χ3n) is 4.81. The van der Waals surface area contributed by atoms with Crippen LogP contribution in [0.15, 0.2) is 29.0 Å². The molecule has 0 aliphatic carbocycles. The highest BCUT2D eigenvalue weighted by Crippen LogP contribution is 2.30. The lowest BCUT2D eigenvalue weighted by Gasteiger charge is -2.30. The number of piperidine rings is 1. The first-order valence-corrected chi connectivity index (χ1v) is 8.42. The maximum absolute atomic E-state index is 12.5. The molecule has 0 N–H and O–H groups in total. The van der Waals surface area contributed by atoms with E-state index in [-0.39, 0.29) is 17.7 Å². The molecule has 0 radical (unpaired) electrons. The zero-order valence-electron chi connectivity index (χ0n) is 13.4. The van der Waals surface area contributed by atoms with Crippen LogP contribution in [0.1, 0.15) is 53.2 Å². The number of aromatic nitrogens is 3. The van der Waals surface area contributed by atoms with Gasteiger partial charge in [0.2, 0.25) is 5.89 Å². The molecule has 7 heteroatoms. The Kier molecular flexibility index (Phi) is 4.25. The number of rotatable bonds is 3. The standard InChI is InChI=1S/C17H20N4O3/c22-17(13-1-6-18-7-2-13)21-8-3-12(4-9-21)16-19-15(20-24-16)14-5-10-23-11-14/h1-2,6-7,12,14H,3-5,8-11H2/t14-/m1/s1. The molecule has 2 saturated heterocycles. The first-order chi connectivity index (χ1) is 11.8. The third-order valence-corrected chi connectivity index (χ3v) is 4.81. The molecule has 2 aromatic heterocycles. The van der Waals surface area contributed by atoms with E-state index in [1.54, 1.807) is 24.5 Å². The Morgan fingerprint density at radius 3 is 2.62 bits per heavy atom. The number of hydrogen-bond donors (Lipinski definition) is 0. The molecule has 2 aliphatic rings. The highest BCUT2D eigenvalue weighted by molar-refractivity contribution is 5.94. The molecule has 0 spiro atoms. The van der Waals surface area contributed by atoms with Crippen LogP contribution in [-0.4, -0.2) is 52.2 Å². The monoisotopic (exact) mass is 328 g/mol. The van der Waals surface area contributed by atoms with Crippen molar-refractivity contribution in [2.24, 2.45) is 0 Å². The predicted molar refractivity (Wildman–Crippen MR) is 84.6 cm³/mol. The average molecular weight is 328 g/mol. The minimum Gasteiger partial charge on any atom is -0.381 e. The summed E-state index contributed by atoms with van der Waals surface area (Å²) in [7, 11) is 0. The van der Waals surface area contributed by atoms with Gasteiger partial charge in [0.05, 0.1) is 6.61 Å². The summed E-state index contributed by atoms with van der Waals surface area (Å²) in [4.78, 5) is 22.9. The van der Waals surface area contributed by atoms with E-state index in [0.717, 1.165) is 31.7 Å². The Morgan fingerprint density at radius 2 is 1.92 bits per heavy atom. The number of carbonyl (C=O) groups is 1. The molecule has 1 atom stereocenters. The van der Waals surface area contributed by atoms with Gasteiger partial charge in [-0.15, -0.1) is 0 Å². The number of amides is 1. The second kappa shape index (κ2) is 6.68. The largest absolute Gasteiger partial charge is 0.381 e. The van der Waals surface area contributed by atoms with Gasteiger partial charge < -0.3 is 14.2 Å². The molecular formula is C17H20N4O3. The third kappa shape index (κ3) is 3.03. The molecule has 0 saturated carbocycles. The Hall–Kier alpha value is -2.28. The van der Waals surface area contributed by atoms with E-state index in [1.807, 2.05) is 4.90 Å². The molecule has 4 heterocycles. The second-order valence-corrected chi connectivity index (χ2v) is 6.35. The zero-order valence-corrected chi connectivity index (χ0v) is 13.4. The highest BCUT2D eigenvalue weighted by Gasteiger charge is 2.30. The van der Waals surface area contributed by atoms with Crippen LogP contribution in [0, 0.1) is 0 Å². The van der Waals surface area contributed by atoms with Crippen LogP contribution < -0.4 is 0 Å². The first kappa shape index (κ1) is 15.3. The number of likely N-dealkylation sites (tertiary alicyclic amines) is 1. The quantitative estimate of drug-likeness (QED) is 0.857. The number of pyridine rings is 1. The summed E-state index contributed by atoms with van der Waals surface area (Å²) >= 11 is 0. The second-order valence-electron chi connectivity index (χ2n) is 6.35. The van der Waals surface area contributed by atoms with E-state index in [4.69, 9.17) is 9.26 Å². The highest BCUT2D eigenvalue weighted by atomic mass is 16.5. The van der Waals surface area contributed by atoms with Crippen LogP contribution in [-0.2, 0) is 4.74 Å². The van der Waals surface area contributed by atoms with Crippen LogP contribution in [0.5, 0.6) is 0 Å². The van der Waals surface area contributed by atoms with Crippen molar-refractivity contribution in [2.45, 2.75) is 31.1 Å². The van der Waals surface area contributed by atoms with Crippen molar-refractivity contribution in [3.63, 3.8) is 0 Å². The van der Waals surface area contributed by atoms with E-state index in [0.29, 0.717) is 31.2 Å². The molecule has 4 rings (SSSR count). The van der Waals surface area contributed by atoms with Crippen LogP contribution in [0.2, 0.25) is 0 Å². The van der Waals surface area contributed by atoms with Gasteiger partial charge in [-0.25, -0.2) is 0 Å². The van der Waals surface area contributed by atoms with Gasteiger partial charge in [0, 0.05) is 49.5 Å². The van der Waals surface area contributed by atoms with Crippen molar-refractivity contribution < 1.29 is 14.1 Å². The normalized spacial score (nSPS) is 22.0. The Labute approximate surface area is 140 Å². The fraction of sp³-hybridized carbons (Fsp3) is 0.529. The minimum absolute atomic E-state index is 0.0603. The summed E-state index contributed by atoms with van der Waals surface area (Å²) in [5, 5.41) is 4.12. The lowest BCUT2D eigenvalue weighted by atomic mass is 9.96. The van der Waals surface area contributed by atoms with Crippen molar-refractivity contribution >= 4 is 5.91 Å². The van der Waals surface area contributed by atoms with E-state index >= 15 is 0 Å². The van der Waals surface area contributed by atoms with Gasteiger partial charge in [-0.3, -0.25) is 9.78 Å². The number of nitrogens with zero attached hydrogens (tertiary/aromatic N) is 4. The summed E-state index contributed by atoms with van der Waals surface area (Å²) in [5.41, 5.74) is 0.685. The number of hydrogen-bond acceptors (Lipinski definition) is 6. The molecule has 0 aromatic carbocycles. The summed E-state index contributed by atoms with van der Waals surface area (Å²) < 4.78 is 10.8. The fourth-order valence-corrected chi connectivity index (χ4v) is 3.32. The molecule has 2 fully saturated rings. The van der Waals surface area contributed by atoms with Crippen molar-refractivity contribution in [1.82, 2.24) is 20.0 Å². The molecule has 7 nitrogen and oxygen atoms in total. The number of carbonyl (C=O) groups excluding carboxylic acids is 1. The van der Waals surface area contributed by atoms with Crippen molar-refractivity contribution in [3.8, 4) is 0 Å². The SMILES string of the molecule is O=C(c1ccncc1)N1CCC(c2nc([C@@H]3CCOC3)no2)CC1. The summed E-state index contributed by atoms with van der Waals surface area (Å²) in [6, 6.07) is 3.50. The summed E-state index contributed by atoms with van der Waals surface area (Å²) in [5.74, 6) is 2.02. The van der Waals surface area contributed by atoms with Gasteiger partial charge in [0.15, 0.2) is 5.82 Å². The zero-order chi connectivity index (χ0) is 16.4. The molecular weight excluding hydrogens is 308 g/mol. The lowest BCUT2D eigenvalue weighted by molar-refractivity contribution is 0.0704. The van der Waals surface area contributed by atoms with E-state index in [9.17, 15) is 4.79 Å². The summed E-state index contributed by atoms with van der Waals surface area (Å²) in [6.07, 6.45) is 5.94. The van der Waals surface area contributed by atoms with Crippen molar-refractivity contribution in [2.75, 3.05) is 26.3 Å². The Morgan fingerprint density at radius 1 is 1.12 bits per heavy atom. The molecule has 24 heavy (non-hydrogen) atoms. The number of ether oxygens (including phenoxy) is 1. The average Bonchev–Trinajstić information content (AvgIpc) is 3.33. The maximum atomic E-state index is 12.5. The smallest absolute Gasteiger partial charge is 0.253 e. The Balaban J connectivity index is 1.37. The van der Waals surface area contributed by atoms with E-state index in [1.165, 1.54) is 0 Å². The van der Waals surface area contributed by atoms with Crippen LogP contribution in [0.25, 0.3) is 0 Å². The molecule has 126 valence electrons. The van der Waals surface area contributed by atoms with Gasteiger partial charge in [-0.1, -0.05) is 5.16 Å². The van der Waals surface area contributed by atoms with Gasteiger partial charge in [-0.05, 0) is 31.4 Å². The molecule has 2 aliphatic heterocycles. The van der Waals surface area contributed by atoms with Gasteiger partial charge in [0.25, 0.3) is 5.91 Å². The van der Waals surface area contributed by atoms with Crippen LogP contribution in [0.4, 0.5) is 0 Å². The maximum Gasteiger partial charge on any atom is 0.253 e. The fourth-order valence-electron chi connectivity index (χ4n) is 3.32. The van der Waals surface area contributed by atoms with Crippen molar-refractivity contribution in [1.29, 1.82) is 0 Å². The molecule has 0 unspecified atom stereocenters. The topological polar surface area (TPSA) is 81.4 Å². The van der Waals surface area contributed by atoms with Crippen LogP contribution in [0.3, 0.4) is 0 Å². The van der Waals surface area contributed by atoms with E-state index < -0.39 is 0 Å². The molecule has 0 bridgehead atoms. The predicted octanol–water partition coefficient (Wildman–Crippen LogP) is 1.99. The molecule has 1 amide bonds. The van der Waals surface area contributed by atoms with E-state index in [2.05, 4.69) is 15.1 Å².